The van der Waals surface area contributed by atoms with E-state index in [-0.39, 0.29) is 0 Å². The van der Waals surface area contributed by atoms with Crippen molar-refractivity contribution in [3.05, 3.63) is 24.3 Å². The molecule has 3 nitrogen and oxygen atoms in total. The molecule has 106 valence electrons. The first-order valence-electron chi connectivity index (χ1n) is 7.42. The SMILES string of the molecule is COc1ccc(N(CCN)CC2CCCCC2)cc1. The molecule has 1 fully saturated rings. The minimum Gasteiger partial charge on any atom is -0.497 e. The fourth-order valence-electron chi connectivity index (χ4n) is 2.96. The zero-order chi connectivity index (χ0) is 13.5. The van der Waals surface area contributed by atoms with Crippen molar-refractivity contribution < 1.29 is 4.74 Å². The molecule has 0 radical (unpaired) electrons. The van der Waals surface area contributed by atoms with Gasteiger partial charge in [0.05, 0.1) is 7.11 Å². The molecule has 1 aliphatic carbocycles. The van der Waals surface area contributed by atoms with Crippen molar-refractivity contribution in [1.29, 1.82) is 0 Å². The molecule has 0 bridgehead atoms. The Balaban J connectivity index is 2.00. The Kier molecular flexibility index (Phi) is 5.52. The molecular weight excluding hydrogens is 236 g/mol. The maximum Gasteiger partial charge on any atom is 0.119 e. The number of ether oxygens (including phenoxy) is 1. The van der Waals surface area contributed by atoms with Crippen LogP contribution in [0.5, 0.6) is 5.75 Å². The predicted octanol–water partition coefficient (Wildman–Crippen LogP) is 3.04. The Labute approximate surface area is 116 Å². The molecule has 1 saturated carbocycles. The van der Waals surface area contributed by atoms with E-state index < -0.39 is 0 Å². The molecule has 0 atom stereocenters. The van der Waals surface area contributed by atoms with E-state index in [1.807, 2.05) is 12.1 Å². The monoisotopic (exact) mass is 262 g/mol. The first-order chi connectivity index (χ1) is 9.33. The van der Waals surface area contributed by atoms with Crippen LogP contribution in [0.4, 0.5) is 5.69 Å². The summed E-state index contributed by atoms with van der Waals surface area (Å²) in [5.74, 6) is 1.75. The first kappa shape index (κ1) is 14.2. The highest BCUT2D eigenvalue weighted by Gasteiger charge is 2.17. The van der Waals surface area contributed by atoms with Crippen molar-refractivity contribution >= 4 is 5.69 Å². The van der Waals surface area contributed by atoms with E-state index in [9.17, 15) is 0 Å². The van der Waals surface area contributed by atoms with Gasteiger partial charge in [0.15, 0.2) is 0 Å². The van der Waals surface area contributed by atoms with E-state index in [0.717, 1.165) is 24.8 Å². The zero-order valence-electron chi connectivity index (χ0n) is 12.0. The van der Waals surface area contributed by atoms with E-state index in [2.05, 4.69) is 17.0 Å². The van der Waals surface area contributed by atoms with Gasteiger partial charge in [0.2, 0.25) is 0 Å². The van der Waals surface area contributed by atoms with Crippen molar-refractivity contribution in [3.63, 3.8) is 0 Å². The molecule has 0 amide bonds. The number of rotatable bonds is 6. The van der Waals surface area contributed by atoms with Gasteiger partial charge >= 0.3 is 0 Å². The predicted molar refractivity (Wildman–Crippen MR) is 80.8 cm³/mol. The van der Waals surface area contributed by atoms with Crippen molar-refractivity contribution in [2.24, 2.45) is 11.7 Å². The molecule has 0 spiro atoms. The Morgan fingerprint density at radius 3 is 2.42 bits per heavy atom. The van der Waals surface area contributed by atoms with Gasteiger partial charge < -0.3 is 15.4 Å². The Morgan fingerprint density at radius 2 is 1.84 bits per heavy atom. The number of nitrogens with two attached hydrogens (primary N) is 1. The molecule has 0 aliphatic heterocycles. The molecule has 1 aromatic carbocycles. The zero-order valence-corrected chi connectivity index (χ0v) is 12.0. The lowest BCUT2D eigenvalue weighted by molar-refractivity contribution is 0.358. The largest absolute Gasteiger partial charge is 0.497 e. The second kappa shape index (κ2) is 7.39. The van der Waals surface area contributed by atoms with Crippen LogP contribution in [-0.2, 0) is 0 Å². The molecule has 2 N–H and O–H groups in total. The number of hydrogen-bond acceptors (Lipinski definition) is 3. The Bertz CT molecular complexity index is 358. The third-order valence-electron chi connectivity index (χ3n) is 4.04. The number of methoxy groups -OCH3 is 1. The number of anilines is 1. The summed E-state index contributed by atoms with van der Waals surface area (Å²) in [6, 6.07) is 8.33. The standard InChI is InChI=1S/C16H26N2O/c1-19-16-9-7-15(8-10-16)18(12-11-17)13-14-5-3-2-4-6-14/h7-10,14H,2-6,11-13,17H2,1H3. The van der Waals surface area contributed by atoms with Crippen LogP contribution in [0, 0.1) is 5.92 Å². The van der Waals surface area contributed by atoms with Crippen LogP contribution < -0.4 is 15.4 Å². The Morgan fingerprint density at radius 1 is 1.16 bits per heavy atom. The minimum atomic E-state index is 0.707. The summed E-state index contributed by atoms with van der Waals surface area (Å²) in [5, 5.41) is 0. The van der Waals surface area contributed by atoms with Crippen molar-refractivity contribution in [2.75, 3.05) is 31.6 Å². The highest BCUT2D eigenvalue weighted by Crippen LogP contribution is 2.27. The van der Waals surface area contributed by atoms with Gasteiger partial charge in [0.1, 0.15) is 5.75 Å². The van der Waals surface area contributed by atoms with Crippen LogP contribution in [0.2, 0.25) is 0 Å². The van der Waals surface area contributed by atoms with Crippen LogP contribution in [0.25, 0.3) is 0 Å². The number of benzene rings is 1. The lowest BCUT2D eigenvalue weighted by Gasteiger charge is -2.31. The average molecular weight is 262 g/mol. The average Bonchev–Trinajstić information content (AvgIpc) is 2.48. The number of nitrogens with zero attached hydrogens (tertiary/aromatic N) is 1. The van der Waals surface area contributed by atoms with Crippen molar-refractivity contribution in [2.45, 2.75) is 32.1 Å². The second-order valence-electron chi connectivity index (χ2n) is 5.44. The van der Waals surface area contributed by atoms with Gasteiger partial charge in [0, 0.05) is 25.3 Å². The maximum atomic E-state index is 5.76. The van der Waals surface area contributed by atoms with E-state index in [4.69, 9.17) is 10.5 Å². The summed E-state index contributed by atoms with van der Waals surface area (Å²) in [7, 11) is 1.70. The van der Waals surface area contributed by atoms with Crippen LogP contribution in [0.1, 0.15) is 32.1 Å². The highest BCUT2D eigenvalue weighted by molar-refractivity contribution is 5.49. The summed E-state index contributed by atoms with van der Waals surface area (Å²) in [6.45, 7) is 2.78. The summed E-state index contributed by atoms with van der Waals surface area (Å²) in [4.78, 5) is 2.43. The van der Waals surface area contributed by atoms with Gasteiger partial charge in [0.25, 0.3) is 0 Å². The van der Waals surface area contributed by atoms with Gasteiger partial charge in [-0.05, 0) is 43.0 Å². The molecule has 1 aliphatic rings. The summed E-state index contributed by atoms with van der Waals surface area (Å²) in [6.07, 6.45) is 6.94. The lowest BCUT2D eigenvalue weighted by Crippen LogP contribution is -2.34. The van der Waals surface area contributed by atoms with Gasteiger partial charge in [-0.3, -0.25) is 0 Å². The Hall–Kier alpha value is -1.22. The van der Waals surface area contributed by atoms with Gasteiger partial charge in [-0.2, -0.15) is 0 Å². The van der Waals surface area contributed by atoms with Gasteiger partial charge in [-0.1, -0.05) is 19.3 Å². The number of hydrogen-bond donors (Lipinski definition) is 1. The second-order valence-corrected chi connectivity index (χ2v) is 5.44. The molecule has 19 heavy (non-hydrogen) atoms. The maximum absolute atomic E-state index is 5.76. The fourth-order valence-corrected chi connectivity index (χ4v) is 2.96. The molecule has 2 rings (SSSR count). The van der Waals surface area contributed by atoms with Crippen LogP contribution in [0.15, 0.2) is 24.3 Å². The third kappa shape index (κ3) is 4.13. The topological polar surface area (TPSA) is 38.5 Å². The van der Waals surface area contributed by atoms with Gasteiger partial charge in [-0.15, -0.1) is 0 Å². The normalized spacial score (nSPS) is 16.3. The van der Waals surface area contributed by atoms with Crippen molar-refractivity contribution in [1.82, 2.24) is 0 Å². The van der Waals surface area contributed by atoms with Crippen LogP contribution >= 0.6 is 0 Å². The van der Waals surface area contributed by atoms with Gasteiger partial charge in [-0.25, -0.2) is 0 Å². The fraction of sp³-hybridized carbons (Fsp3) is 0.625. The molecule has 0 unspecified atom stereocenters. The molecule has 0 saturated heterocycles. The highest BCUT2D eigenvalue weighted by atomic mass is 16.5. The van der Waals surface area contributed by atoms with Crippen LogP contribution in [0.3, 0.4) is 0 Å². The molecular formula is C16H26N2O. The smallest absolute Gasteiger partial charge is 0.119 e. The van der Waals surface area contributed by atoms with E-state index in [0.29, 0.717) is 6.54 Å². The van der Waals surface area contributed by atoms with E-state index in [1.54, 1.807) is 7.11 Å². The minimum absolute atomic E-state index is 0.707. The van der Waals surface area contributed by atoms with E-state index in [1.165, 1.54) is 37.8 Å². The van der Waals surface area contributed by atoms with Crippen LogP contribution in [-0.4, -0.2) is 26.7 Å². The first-order valence-corrected chi connectivity index (χ1v) is 7.42. The quantitative estimate of drug-likeness (QED) is 0.856. The summed E-state index contributed by atoms with van der Waals surface area (Å²) >= 11 is 0. The summed E-state index contributed by atoms with van der Waals surface area (Å²) in [5.41, 5.74) is 7.02. The summed E-state index contributed by atoms with van der Waals surface area (Å²) < 4.78 is 5.22. The molecule has 1 aromatic rings. The lowest BCUT2D eigenvalue weighted by atomic mass is 9.89. The molecule has 0 heterocycles. The van der Waals surface area contributed by atoms with Crippen molar-refractivity contribution in [3.8, 4) is 5.75 Å². The third-order valence-corrected chi connectivity index (χ3v) is 4.04. The molecule has 0 aromatic heterocycles. The van der Waals surface area contributed by atoms with E-state index >= 15 is 0 Å². The molecule has 3 heteroatoms.